The Morgan fingerprint density at radius 2 is 1.11 bits per heavy atom. The Bertz CT molecular complexity index is 3980. The second-order valence-electron chi connectivity index (χ2n) is 15.6. The molecule has 0 N–H and O–H groups in total. The lowest BCUT2D eigenvalue weighted by atomic mass is 9.88. The topological polar surface area (TPSA) is 64.0 Å². The maximum absolute atomic E-state index is 11.7. The van der Waals surface area contributed by atoms with Crippen molar-refractivity contribution in [3.8, 4) is 39.7 Å². The largest absolute Gasteiger partial charge is 0.456 e. The first-order chi connectivity index (χ1) is 30.2. The van der Waals surface area contributed by atoms with Crippen molar-refractivity contribution in [1.29, 1.82) is 5.26 Å². The van der Waals surface area contributed by atoms with Crippen LogP contribution >= 0.6 is 0 Å². The molecule has 0 aliphatic heterocycles. The molecule has 0 radical (unpaired) electrons. The van der Waals surface area contributed by atoms with E-state index < -0.39 is 0 Å². The Morgan fingerprint density at radius 3 is 1.89 bits per heavy atom. The summed E-state index contributed by atoms with van der Waals surface area (Å²) >= 11 is 0. The second kappa shape index (κ2) is 12.4. The van der Waals surface area contributed by atoms with Gasteiger partial charge in [0.1, 0.15) is 17.2 Å². The minimum absolute atomic E-state index is 0.397. The number of pyridine rings is 1. The smallest absolute Gasteiger partial charge is 0.220 e. The molecule has 6 heteroatoms. The molecule has 4 aromatic heterocycles. The van der Waals surface area contributed by atoms with Crippen LogP contribution in [0.1, 0.15) is 5.56 Å². The van der Waals surface area contributed by atoms with Crippen molar-refractivity contribution in [1.82, 2.24) is 14.1 Å². The molecule has 6 nitrogen and oxygen atoms in total. The lowest BCUT2D eigenvalue weighted by Crippen LogP contribution is -2.08. The molecule has 0 fully saturated rings. The predicted octanol–water partition coefficient (Wildman–Crippen LogP) is 14.7. The van der Waals surface area contributed by atoms with Crippen molar-refractivity contribution in [2.45, 2.75) is 0 Å². The first-order valence-electron chi connectivity index (χ1n) is 20.2. The minimum atomic E-state index is 0.397. The summed E-state index contributed by atoms with van der Waals surface area (Å²) in [6.07, 6.45) is 1.88. The molecule has 0 aliphatic carbocycles. The van der Waals surface area contributed by atoms with Crippen LogP contribution in [0.5, 0.6) is 0 Å². The molecule has 0 unspecified atom stereocenters. The molecule has 0 atom stereocenters. The van der Waals surface area contributed by atoms with Gasteiger partial charge in [0.25, 0.3) is 0 Å². The average Bonchev–Trinajstić information content (AvgIpc) is 3.97. The van der Waals surface area contributed by atoms with Gasteiger partial charge in [0, 0.05) is 55.0 Å². The standard InChI is InChI=1S/C55H29N5O/c1-57-53-48(32-15-4-2-5-16-32)41(31-56)54(59-42-24-12-10-20-35(42)39-30-47-40(29-45(39)59)36-21-11-13-26-46(36)61-47)49(33-17-6-3-7-18-33)55(53)60-43-25-14-23-37-34-19-8-9-22-38(34)52-51(50(37)43)44(60)27-28-58-52/h2-30H. The summed E-state index contributed by atoms with van der Waals surface area (Å²) in [5, 5.41) is 21.2. The quantitative estimate of drug-likeness (QED) is 0.132. The van der Waals surface area contributed by atoms with Crippen LogP contribution in [-0.4, -0.2) is 14.1 Å². The zero-order valence-corrected chi connectivity index (χ0v) is 32.4. The van der Waals surface area contributed by atoms with Crippen molar-refractivity contribution in [3.63, 3.8) is 0 Å². The summed E-state index contributed by atoms with van der Waals surface area (Å²) in [6.45, 7) is 9.16. The second-order valence-corrected chi connectivity index (χ2v) is 15.6. The Morgan fingerprint density at radius 1 is 0.492 bits per heavy atom. The molecule has 0 amide bonds. The lowest BCUT2D eigenvalue weighted by molar-refractivity contribution is 0.669. The van der Waals surface area contributed by atoms with Gasteiger partial charge in [0.15, 0.2) is 0 Å². The van der Waals surface area contributed by atoms with Crippen molar-refractivity contribution in [2.75, 3.05) is 0 Å². The average molecular weight is 776 g/mol. The number of aromatic nitrogens is 3. The molecular formula is C55H29N5O. The summed E-state index contributed by atoms with van der Waals surface area (Å²) in [4.78, 5) is 9.49. The van der Waals surface area contributed by atoms with Crippen LogP contribution in [0.15, 0.2) is 180 Å². The van der Waals surface area contributed by atoms with Gasteiger partial charge >= 0.3 is 0 Å². The molecule has 4 heterocycles. The molecule has 13 rings (SSSR count). The Balaban J connectivity index is 1.32. The van der Waals surface area contributed by atoms with E-state index in [1.807, 2.05) is 79.0 Å². The molecule has 61 heavy (non-hydrogen) atoms. The number of hydrogen-bond donors (Lipinski definition) is 0. The number of fused-ring (bicyclic) bond motifs is 9. The van der Waals surface area contributed by atoms with E-state index in [-0.39, 0.29) is 0 Å². The third kappa shape index (κ3) is 4.40. The fourth-order valence-corrected chi connectivity index (χ4v) is 10.2. The van der Waals surface area contributed by atoms with Crippen LogP contribution in [0.4, 0.5) is 5.69 Å². The van der Waals surface area contributed by atoms with Gasteiger partial charge in [-0.1, -0.05) is 133 Å². The normalized spacial score (nSPS) is 11.9. The van der Waals surface area contributed by atoms with Crippen LogP contribution in [0, 0.1) is 17.9 Å². The van der Waals surface area contributed by atoms with Gasteiger partial charge < -0.3 is 13.6 Å². The van der Waals surface area contributed by atoms with E-state index in [0.717, 1.165) is 104 Å². The SMILES string of the molecule is [C-]#[N+]c1c(-c2ccccc2)c(C#N)c(-n2c3ccccc3c3cc4oc5ccccc5c4cc32)c(-c2ccccc2)c1-n1c2cccc3c4ccccc4c4nccc1c4c32. The van der Waals surface area contributed by atoms with Crippen molar-refractivity contribution in [2.24, 2.45) is 0 Å². The van der Waals surface area contributed by atoms with Gasteiger partial charge in [0.05, 0.1) is 51.1 Å². The number of nitriles is 1. The maximum atomic E-state index is 11.7. The van der Waals surface area contributed by atoms with E-state index in [1.54, 1.807) is 0 Å². The van der Waals surface area contributed by atoms with Crippen molar-refractivity contribution < 1.29 is 4.42 Å². The van der Waals surface area contributed by atoms with Gasteiger partial charge in [-0.2, -0.15) is 5.26 Å². The summed E-state index contributed by atoms with van der Waals surface area (Å²) in [6, 6.07) is 60.7. The third-order valence-electron chi connectivity index (χ3n) is 12.6. The molecule has 0 spiro atoms. The van der Waals surface area contributed by atoms with E-state index in [9.17, 15) is 5.26 Å². The molecule has 13 aromatic rings. The number of rotatable bonds is 4. The highest BCUT2D eigenvalue weighted by Gasteiger charge is 2.32. The molecule has 9 aromatic carbocycles. The van der Waals surface area contributed by atoms with Crippen LogP contribution < -0.4 is 0 Å². The Kier molecular flexibility index (Phi) is 6.76. The van der Waals surface area contributed by atoms with Crippen LogP contribution in [0.3, 0.4) is 0 Å². The highest BCUT2D eigenvalue weighted by atomic mass is 16.3. The monoisotopic (exact) mass is 775 g/mol. The summed E-state index contributed by atoms with van der Waals surface area (Å²) in [7, 11) is 0. The molecule has 0 bridgehead atoms. The van der Waals surface area contributed by atoms with Crippen molar-refractivity contribution in [3.05, 3.63) is 193 Å². The highest BCUT2D eigenvalue weighted by Crippen LogP contribution is 2.53. The first-order valence-corrected chi connectivity index (χ1v) is 20.2. The van der Waals surface area contributed by atoms with Crippen LogP contribution in [0.25, 0.3) is 126 Å². The van der Waals surface area contributed by atoms with Gasteiger partial charge in [-0.3, -0.25) is 4.98 Å². The Labute approximate surface area is 348 Å². The number of para-hydroxylation sites is 2. The molecular weight excluding hydrogens is 747 g/mol. The molecule has 280 valence electrons. The van der Waals surface area contributed by atoms with Gasteiger partial charge in [-0.25, -0.2) is 4.85 Å². The highest BCUT2D eigenvalue weighted by molar-refractivity contribution is 6.34. The lowest BCUT2D eigenvalue weighted by Gasteiger charge is -2.25. The number of nitrogens with zero attached hydrogens (tertiary/aromatic N) is 5. The minimum Gasteiger partial charge on any atom is -0.456 e. The molecule has 0 aliphatic rings. The number of hydrogen-bond acceptors (Lipinski definition) is 3. The van der Waals surface area contributed by atoms with Gasteiger partial charge in [-0.15, -0.1) is 0 Å². The van der Waals surface area contributed by atoms with E-state index in [1.165, 1.54) is 0 Å². The first kappa shape index (κ1) is 33.3. The molecule has 0 saturated heterocycles. The summed E-state index contributed by atoms with van der Waals surface area (Å²) in [5.41, 5.74) is 11.5. The number of furan rings is 1. The maximum Gasteiger partial charge on any atom is 0.220 e. The van der Waals surface area contributed by atoms with Gasteiger partial charge in [0.2, 0.25) is 5.69 Å². The van der Waals surface area contributed by atoms with Crippen molar-refractivity contribution >= 4 is 92.9 Å². The van der Waals surface area contributed by atoms with E-state index in [0.29, 0.717) is 28.2 Å². The van der Waals surface area contributed by atoms with E-state index in [2.05, 4.69) is 117 Å². The predicted molar refractivity (Wildman–Crippen MR) is 248 cm³/mol. The summed E-state index contributed by atoms with van der Waals surface area (Å²) in [5.74, 6) is 0. The zero-order valence-electron chi connectivity index (χ0n) is 32.4. The fourth-order valence-electron chi connectivity index (χ4n) is 10.2. The molecule has 0 saturated carbocycles. The van der Waals surface area contributed by atoms with E-state index in [4.69, 9.17) is 16.0 Å². The zero-order chi connectivity index (χ0) is 40.3. The van der Waals surface area contributed by atoms with Crippen LogP contribution in [0.2, 0.25) is 0 Å². The summed E-state index contributed by atoms with van der Waals surface area (Å²) < 4.78 is 11.0. The van der Waals surface area contributed by atoms with E-state index >= 15 is 0 Å². The third-order valence-corrected chi connectivity index (χ3v) is 12.6. The number of benzene rings is 9. The fraction of sp³-hybridized carbons (Fsp3) is 0. The Hall–Kier alpha value is -8.71. The van der Waals surface area contributed by atoms with Gasteiger partial charge in [-0.05, 0) is 58.3 Å². The van der Waals surface area contributed by atoms with Crippen LogP contribution in [-0.2, 0) is 0 Å².